The topological polar surface area (TPSA) is 82.3 Å². The average molecular weight is 328 g/mol. The molecule has 4 saturated carbocycles. The maximum atomic E-state index is 12.7. The number of rotatable bonds is 5. The van der Waals surface area contributed by atoms with Gasteiger partial charge >= 0.3 is 0 Å². The molecule has 2 N–H and O–H groups in total. The number of nitrogens with two attached hydrogens (primary N) is 1. The number of pyridine rings is 1. The van der Waals surface area contributed by atoms with Crippen LogP contribution in [0.3, 0.4) is 0 Å². The van der Waals surface area contributed by atoms with E-state index in [-0.39, 0.29) is 17.1 Å². The second-order valence-electron chi connectivity index (χ2n) is 7.97. The van der Waals surface area contributed by atoms with Crippen LogP contribution >= 0.6 is 0 Å². The number of ketones is 1. The molecule has 5 rings (SSSR count). The average Bonchev–Trinajstić information content (AvgIpc) is 2.57. The molecule has 1 heterocycles. The van der Waals surface area contributed by atoms with Gasteiger partial charge in [-0.1, -0.05) is 6.07 Å². The quantitative estimate of drug-likeness (QED) is 0.842. The van der Waals surface area contributed by atoms with Crippen LogP contribution in [0.5, 0.6) is 5.88 Å². The third-order valence-corrected chi connectivity index (χ3v) is 6.63. The van der Waals surface area contributed by atoms with Gasteiger partial charge in [-0.2, -0.15) is 0 Å². The highest BCUT2D eigenvalue weighted by molar-refractivity contribution is 5.94. The third-order valence-electron chi connectivity index (χ3n) is 6.63. The van der Waals surface area contributed by atoms with Crippen molar-refractivity contribution < 1.29 is 14.3 Å². The number of primary amides is 1. The van der Waals surface area contributed by atoms with Crippen LogP contribution in [0.25, 0.3) is 0 Å². The van der Waals surface area contributed by atoms with Crippen LogP contribution in [0.15, 0.2) is 18.2 Å². The van der Waals surface area contributed by atoms with Crippen molar-refractivity contribution in [3.05, 3.63) is 23.9 Å². The largest absolute Gasteiger partial charge is 0.481 e. The van der Waals surface area contributed by atoms with Crippen molar-refractivity contribution in [1.29, 1.82) is 0 Å². The summed E-state index contributed by atoms with van der Waals surface area (Å²) >= 11 is 0. The van der Waals surface area contributed by atoms with Gasteiger partial charge in [-0.15, -0.1) is 0 Å². The second kappa shape index (κ2) is 5.57. The summed E-state index contributed by atoms with van der Waals surface area (Å²) in [7, 11) is 1.55. The van der Waals surface area contributed by atoms with Crippen molar-refractivity contribution in [2.75, 3.05) is 7.11 Å². The predicted octanol–water partition coefficient (Wildman–Crippen LogP) is 2.59. The van der Waals surface area contributed by atoms with Crippen molar-refractivity contribution in [1.82, 2.24) is 4.98 Å². The highest BCUT2D eigenvalue weighted by Gasteiger charge is 2.57. The first-order valence-corrected chi connectivity index (χ1v) is 8.85. The summed E-state index contributed by atoms with van der Waals surface area (Å²) in [5, 5.41) is 0. The lowest BCUT2D eigenvalue weighted by Crippen LogP contribution is -2.56. The maximum Gasteiger partial charge on any atom is 0.223 e. The van der Waals surface area contributed by atoms with Crippen molar-refractivity contribution in [2.24, 2.45) is 34.8 Å². The van der Waals surface area contributed by atoms with Gasteiger partial charge in [0, 0.05) is 17.9 Å². The van der Waals surface area contributed by atoms with Crippen LogP contribution in [0.2, 0.25) is 0 Å². The molecular weight excluding hydrogens is 304 g/mol. The number of nitrogens with zero attached hydrogens (tertiary/aromatic N) is 1. The molecule has 24 heavy (non-hydrogen) atoms. The van der Waals surface area contributed by atoms with Crippen molar-refractivity contribution in [3.63, 3.8) is 0 Å². The van der Waals surface area contributed by atoms with Gasteiger partial charge in [0.25, 0.3) is 0 Å². The molecule has 0 radical (unpaired) electrons. The van der Waals surface area contributed by atoms with Gasteiger partial charge in [0.1, 0.15) is 5.69 Å². The SMILES string of the molecule is COc1cccc(C(=O)CC2C3CC4CC2CC(C(N)=O)(C4)C3)n1. The first kappa shape index (κ1) is 15.6. The minimum Gasteiger partial charge on any atom is -0.481 e. The van der Waals surface area contributed by atoms with Crippen LogP contribution in [-0.4, -0.2) is 23.8 Å². The van der Waals surface area contributed by atoms with Crippen molar-refractivity contribution in [3.8, 4) is 5.88 Å². The zero-order valence-electron chi connectivity index (χ0n) is 14.0. The van der Waals surface area contributed by atoms with E-state index < -0.39 is 0 Å². The summed E-state index contributed by atoms with van der Waals surface area (Å²) in [6, 6.07) is 5.31. The molecule has 2 unspecified atom stereocenters. The van der Waals surface area contributed by atoms with E-state index in [4.69, 9.17) is 10.5 Å². The van der Waals surface area contributed by atoms with E-state index in [2.05, 4.69) is 4.98 Å². The van der Waals surface area contributed by atoms with E-state index in [9.17, 15) is 9.59 Å². The van der Waals surface area contributed by atoms with Crippen LogP contribution < -0.4 is 10.5 Å². The molecule has 0 spiro atoms. The Bertz CT molecular complexity index is 671. The van der Waals surface area contributed by atoms with Crippen molar-refractivity contribution in [2.45, 2.75) is 38.5 Å². The number of amides is 1. The van der Waals surface area contributed by atoms with E-state index in [0.29, 0.717) is 41.7 Å². The molecule has 5 heteroatoms. The summed E-state index contributed by atoms with van der Waals surface area (Å²) in [5.74, 6) is 2.33. The van der Waals surface area contributed by atoms with Gasteiger partial charge < -0.3 is 10.5 Å². The van der Waals surface area contributed by atoms with Crippen LogP contribution in [0, 0.1) is 29.1 Å². The van der Waals surface area contributed by atoms with E-state index in [1.807, 2.05) is 0 Å². The summed E-state index contributed by atoms with van der Waals surface area (Å²) in [5.41, 5.74) is 5.92. The fourth-order valence-electron chi connectivity index (χ4n) is 5.77. The molecule has 1 aromatic rings. The summed E-state index contributed by atoms with van der Waals surface area (Å²) < 4.78 is 5.11. The molecule has 0 saturated heterocycles. The number of methoxy groups -OCH3 is 1. The maximum absolute atomic E-state index is 12.7. The number of ether oxygens (including phenoxy) is 1. The molecule has 0 aliphatic heterocycles. The fraction of sp³-hybridized carbons (Fsp3) is 0.632. The molecule has 4 aliphatic carbocycles. The monoisotopic (exact) mass is 328 g/mol. The smallest absolute Gasteiger partial charge is 0.223 e. The predicted molar refractivity (Wildman–Crippen MR) is 88.4 cm³/mol. The minimum absolute atomic E-state index is 0.0829. The van der Waals surface area contributed by atoms with Gasteiger partial charge in [-0.05, 0) is 61.8 Å². The Hall–Kier alpha value is -1.91. The highest BCUT2D eigenvalue weighted by Crippen LogP contribution is 2.62. The molecular formula is C19H24N2O3. The zero-order chi connectivity index (χ0) is 16.9. The molecule has 2 atom stereocenters. The lowest BCUT2D eigenvalue weighted by molar-refractivity contribution is -0.149. The molecule has 4 aliphatic rings. The summed E-state index contributed by atoms with van der Waals surface area (Å²) in [6.45, 7) is 0. The normalized spacial score (nSPS) is 36.5. The van der Waals surface area contributed by atoms with Crippen molar-refractivity contribution >= 4 is 11.7 Å². The summed E-state index contributed by atoms with van der Waals surface area (Å²) in [4.78, 5) is 29.0. The van der Waals surface area contributed by atoms with E-state index in [1.54, 1.807) is 25.3 Å². The fourth-order valence-corrected chi connectivity index (χ4v) is 5.77. The number of aromatic nitrogens is 1. The number of hydrogen-bond donors (Lipinski definition) is 1. The Balaban J connectivity index is 1.52. The summed E-state index contributed by atoms with van der Waals surface area (Å²) in [6.07, 6.45) is 5.53. The van der Waals surface area contributed by atoms with Crippen LogP contribution in [-0.2, 0) is 4.79 Å². The Morgan fingerprint density at radius 1 is 1.25 bits per heavy atom. The second-order valence-corrected chi connectivity index (χ2v) is 7.97. The highest BCUT2D eigenvalue weighted by atomic mass is 16.5. The van der Waals surface area contributed by atoms with Crippen LogP contribution in [0.4, 0.5) is 0 Å². The zero-order valence-corrected chi connectivity index (χ0v) is 14.0. The first-order chi connectivity index (χ1) is 11.5. The van der Waals surface area contributed by atoms with E-state index >= 15 is 0 Å². The Morgan fingerprint density at radius 3 is 2.58 bits per heavy atom. The Labute approximate surface area is 142 Å². The van der Waals surface area contributed by atoms with Gasteiger partial charge in [0.15, 0.2) is 5.78 Å². The Morgan fingerprint density at radius 2 is 1.96 bits per heavy atom. The number of Topliss-reactive ketones (excluding diaryl/α,β-unsaturated/α-hetero) is 1. The van der Waals surface area contributed by atoms with E-state index in [1.165, 1.54) is 0 Å². The number of carbonyl (C=O) groups is 2. The minimum atomic E-state index is -0.287. The van der Waals surface area contributed by atoms with Gasteiger partial charge in [0.05, 0.1) is 7.11 Å². The molecule has 128 valence electrons. The number of carbonyl (C=O) groups excluding carboxylic acids is 2. The standard InChI is InChI=1S/C19H24N2O3/c1-24-17-4-2-3-15(21-17)16(22)7-14-12-5-11-6-13(14)10-19(8-11,9-12)18(20)23/h2-4,11-14H,5-10H2,1H3,(H2,20,23). The third kappa shape index (κ3) is 2.41. The number of hydrogen-bond acceptors (Lipinski definition) is 4. The molecule has 1 aromatic heterocycles. The lowest BCUT2D eigenvalue weighted by Gasteiger charge is -2.58. The molecule has 4 fully saturated rings. The van der Waals surface area contributed by atoms with Gasteiger partial charge in [-0.25, -0.2) is 4.98 Å². The van der Waals surface area contributed by atoms with Gasteiger partial charge in [0.2, 0.25) is 11.8 Å². The van der Waals surface area contributed by atoms with E-state index in [0.717, 1.165) is 32.1 Å². The lowest BCUT2D eigenvalue weighted by atomic mass is 9.45. The molecule has 4 bridgehead atoms. The van der Waals surface area contributed by atoms with Gasteiger partial charge in [-0.3, -0.25) is 9.59 Å². The Kier molecular flexibility index (Phi) is 3.62. The van der Waals surface area contributed by atoms with Crippen LogP contribution in [0.1, 0.15) is 49.0 Å². The molecule has 1 amide bonds. The first-order valence-electron chi connectivity index (χ1n) is 8.85. The molecule has 5 nitrogen and oxygen atoms in total. The molecule has 0 aromatic carbocycles.